The van der Waals surface area contributed by atoms with Crippen molar-refractivity contribution >= 4 is 15.9 Å². The molecule has 2 rings (SSSR count). The van der Waals surface area contributed by atoms with E-state index in [2.05, 4.69) is 76.4 Å². The van der Waals surface area contributed by atoms with Gasteiger partial charge in [0.2, 0.25) is 0 Å². The number of nitrogens with zero attached hydrogens (tertiary/aromatic N) is 3. The van der Waals surface area contributed by atoms with E-state index in [4.69, 9.17) is 0 Å². The zero-order valence-corrected chi connectivity index (χ0v) is 14.5. The average molecular weight is 351 g/mol. The Morgan fingerprint density at radius 2 is 2.14 bits per heavy atom. The molecule has 0 amide bonds. The minimum absolute atomic E-state index is 0.388. The normalized spacial score (nSPS) is 12.8. The lowest BCUT2D eigenvalue weighted by molar-refractivity contribution is 0.505. The molecule has 0 fully saturated rings. The first-order valence-corrected chi connectivity index (χ1v) is 8.25. The van der Waals surface area contributed by atoms with E-state index in [9.17, 15) is 0 Å². The number of aryl methyl sites for hydroxylation is 1. The molecule has 1 heterocycles. The molecule has 0 radical (unpaired) electrons. The number of aromatic nitrogens is 3. The predicted molar refractivity (Wildman–Crippen MR) is 89.4 cm³/mol. The van der Waals surface area contributed by atoms with Crippen LogP contribution >= 0.6 is 15.9 Å². The lowest BCUT2D eigenvalue weighted by Gasteiger charge is -2.20. The minimum atomic E-state index is 0.388. The van der Waals surface area contributed by atoms with Gasteiger partial charge in [-0.25, -0.2) is 4.98 Å². The molecule has 0 aliphatic rings. The maximum absolute atomic E-state index is 4.41. The summed E-state index contributed by atoms with van der Waals surface area (Å²) < 4.78 is 3.09. The Labute approximate surface area is 135 Å². The molecule has 1 N–H and O–H groups in total. The Balaban J connectivity index is 2.19. The van der Waals surface area contributed by atoms with Crippen LogP contribution in [0.1, 0.15) is 38.1 Å². The van der Waals surface area contributed by atoms with Crippen molar-refractivity contribution < 1.29 is 0 Å². The van der Waals surface area contributed by atoms with Gasteiger partial charge >= 0.3 is 0 Å². The second-order valence-electron chi connectivity index (χ2n) is 5.51. The minimum Gasteiger partial charge on any atom is -0.314 e. The first kappa shape index (κ1) is 16.2. The third-order valence-electron chi connectivity index (χ3n) is 3.52. The Hall–Kier alpha value is -1.20. The van der Waals surface area contributed by atoms with Gasteiger partial charge < -0.3 is 5.32 Å². The molecule has 1 aromatic heterocycles. The molecule has 0 saturated carbocycles. The third-order valence-corrected chi connectivity index (χ3v) is 4.01. The number of nitrogens with one attached hydrogen (secondary N) is 1. The zero-order valence-electron chi connectivity index (χ0n) is 12.9. The molecule has 0 bridgehead atoms. The molecule has 1 unspecified atom stereocenters. The SMILES string of the molecule is CCn1ncnc1CC(CNC(C)C)c1cccc(Br)c1. The summed E-state index contributed by atoms with van der Waals surface area (Å²) >= 11 is 3.56. The maximum atomic E-state index is 4.41. The van der Waals surface area contributed by atoms with Crippen LogP contribution in [0, 0.1) is 0 Å². The summed E-state index contributed by atoms with van der Waals surface area (Å²) in [5, 5.41) is 7.81. The van der Waals surface area contributed by atoms with Gasteiger partial charge in [-0.2, -0.15) is 5.10 Å². The van der Waals surface area contributed by atoms with E-state index in [0.29, 0.717) is 12.0 Å². The van der Waals surface area contributed by atoms with Crippen LogP contribution in [0.5, 0.6) is 0 Å². The van der Waals surface area contributed by atoms with Gasteiger partial charge in [0, 0.05) is 35.9 Å². The molecule has 114 valence electrons. The van der Waals surface area contributed by atoms with E-state index in [1.807, 2.05) is 4.68 Å². The van der Waals surface area contributed by atoms with E-state index < -0.39 is 0 Å². The smallest absolute Gasteiger partial charge is 0.138 e. The van der Waals surface area contributed by atoms with Crippen LogP contribution in [0.3, 0.4) is 0 Å². The summed E-state index contributed by atoms with van der Waals surface area (Å²) in [5.74, 6) is 1.44. The largest absolute Gasteiger partial charge is 0.314 e. The predicted octanol–water partition coefficient (Wildman–Crippen LogP) is 3.38. The van der Waals surface area contributed by atoms with Gasteiger partial charge in [-0.15, -0.1) is 0 Å². The van der Waals surface area contributed by atoms with Gasteiger partial charge in [0.15, 0.2) is 0 Å². The van der Waals surface area contributed by atoms with Gasteiger partial charge in [-0.1, -0.05) is 41.9 Å². The fraction of sp³-hybridized carbons (Fsp3) is 0.500. The molecule has 0 aliphatic carbocycles. The van der Waals surface area contributed by atoms with E-state index in [-0.39, 0.29) is 0 Å². The van der Waals surface area contributed by atoms with Crippen molar-refractivity contribution in [1.82, 2.24) is 20.1 Å². The van der Waals surface area contributed by atoms with Crippen molar-refractivity contribution in [3.63, 3.8) is 0 Å². The number of benzene rings is 1. The van der Waals surface area contributed by atoms with Crippen molar-refractivity contribution in [2.24, 2.45) is 0 Å². The summed E-state index contributed by atoms with van der Waals surface area (Å²) in [7, 11) is 0. The van der Waals surface area contributed by atoms with E-state index >= 15 is 0 Å². The summed E-state index contributed by atoms with van der Waals surface area (Å²) in [4.78, 5) is 4.41. The highest BCUT2D eigenvalue weighted by Crippen LogP contribution is 2.23. The number of halogens is 1. The Morgan fingerprint density at radius 3 is 2.81 bits per heavy atom. The second kappa shape index (κ2) is 7.71. The summed E-state index contributed by atoms with van der Waals surface area (Å²) in [6.07, 6.45) is 2.54. The summed E-state index contributed by atoms with van der Waals surface area (Å²) in [6.45, 7) is 8.24. The fourth-order valence-corrected chi connectivity index (χ4v) is 2.79. The molecule has 0 aliphatic heterocycles. The summed E-state index contributed by atoms with van der Waals surface area (Å²) in [6, 6.07) is 9.00. The highest BCUT2D eigenvalue weighted by molar-refractivity contribution is 9.10. The van der Waals surface area contributed by atoms with Crippen molar-refractivity contribution in [2.45, 2.75) is 45.7 Å². The van der Waals surface area contributed by atoms with Gasteiger partial charge in [0.05, 0.1) is 0 Å². The van der Waals surface area contributed by atoms with Crippen LogP contribution < -0.4 is 5.32 Å². The molecule has 21 heavy (non-hydrogen) atoms. The molecule has 5 heteroatoms. The first-order valence-electron chi connectivity index (χ1n) is 7.45. The highest BCUT2D eigenvalue weighted by atomic mass is 79.9. The molecular weight excluding hydrogens is 328 g/mol. The molecule has 1 aromatic carbocycles. The third kappa shape index (κ3) is 4.64. The highest BCUT2D eigenvalue weighted by Gasteiger charge is 2.16. The number of rotatable bonds is 7. The fourth-order valence-electron chi connectivity index (χ4n) is 2.38. The van der Waals surface area contributed by atoms with Crippen molar-refractivity contribution in [2.75, 3.05) is 6.54 Å². The van der Waals surface area contributed by atoms with Crippen LogP contribution in [0.25, 0.3) is 0 Å². The number of hydrogen-bond donors (Lipinski definition) is 1. The number of hydrogen-bond acceptors (Lipinski definition) is 3. The molecule has 2 aromatic rings. The Kier molecular flexibility index (Phi) is 5.94. The summed E-state index contributed by atoms with van der Waals surface area (Å²) in [5.41, 5.74) is 1.32. The van der Waals surface area contributed by atoms with Gasteiger partial charge in [-0.3, -0.25) is 4.68 Å². The van der Waals surface area contributed by atoms with E-state index in [1.165, 1.54) is 5.56 Å². The van der Waals surface area contributed by atoms with Crippen LogP contribution in [-0.2, 0) is 13.0 Å². The maximum Gasteiger partial charge on any atom is 0.138 e. The topological polar surface area (TPSA) is 42.7 Å². The van der Waals surface area contributed by atoms with Crippen molar-refractivity contribution in [3.8, 4) is 0 Å². The molecule has 0 saturated heterocycles. The molecular formula is C16H23BrN4. The second-order valence-corrected chi connectivity index (χ2v) is 6.43. The van der Waals surface area contributed by atoms with Crippen molar-refractivity contribution in [1.29, 1.82) is 0 Å². The quantitative estimate of drug-likeness (QED) is 0.832. The van der Waals surface area contributed by atoms with Crippen LogP contribution in [0.4, 0.5) is 0 Å². The van der Waals surface area contributed by atoms with Crippen LogP contribution in [0.2, 0.25) is 0 Å². The standard InChI is InChI=1S/C16H23BrN4/c1-4-21-16(19-11-20-21)9-14(10-18-12(2)3)13-6-5-7-15(17)8-13/h5-8,11-12,14,18H,4,9-10H2,1-3H3. The molecule has 1 atom stereocenters. The van der Waals surface area contributed by atoms with E-state index in [0.717, 1.165) is 29.8 Å². The Morgan fingerprint density at radius 1 is 1.33 bits per heavy atom. The van der Waals surface area contributed by atoms with Gasteiger partial charge in [0.25, 0.3) is 0 Å². The van der Waals surface area contributed by atoms with Crippen LogP contribution in [-0.4, -0.2) is 27.4 Å². The Bertz CT molecular complexity index is 565. The van der Waals surface area contributed by atoms with E-state index in [1.54, 1.807) is 6.33 Å². The van der Waals surface area contributed by atoms with Gasteiger partial charge in [-0.05, 0) is 24.6 Å². The first-order chi connectivity index (χ1) is 10.1. The van der Waals surface area contributed by atoms with Crippen LogP contribution in [0.15, 0.2) is 35.1 Å². The zero-order chi connectivity index (χ0) is 15.2. The monoisotopic (exact) mass is 350 g/mol. The van der Waals surface area contributed by atoms with Crippen molar-refractivity contribution in [3.05, 3.63) is 46.5 Å². The molecule has 0 spiro atoms. The lowest BCUT2D eigenvalue weighted by atomic mass is 9.95. The lowest BCUT2D eigenvalue weighted by Crippen LogP contribution is -2.29. The average Bonchev–Trinajstić information content (AvgIpc) is 2.90. The van der Waals surface area contributed by atoms with Gasteiger partial charge in [0.1, 0.15) is 12.2 Å². The molecule has 4 nitrogen and oxygen atoms in total.